The van der Waals surface area contributed by atoms with Crippen LogP contribution in [-0.2, 0) is 6.54 Å². The van der Waals surface area contributed by atoms with E-state index in [9.17, 15) is 0 Å². The molecule has 1 aliphatic rings. The molecule has 106 valence electrons. The van der Waals surface area contributed by atoms with Crippen molar-refractivity contribution in [1.82, 2.24) is 14.9 Å². The summed E-state index contributed by atoms with van der Waals surface area (Å²) in [6.07, 6.45) is 4.40. The van der Waals surface area contributed by atoms with Crippen molar-refractivity contribution in [2.24, 2.45) is 0 Å². The van der Waals surface area contributed by atoms with Gasteiger partial charge in [-0.05, 0) is 30.2 Å². The van der Waals surface area contributed by atoms with E-state index in [1.165, 1.54) is 5.56 Å². The number of rotatable bonds is 4. The minimum absolute atomic E-state index is 0.416. The molecular weight excluding hydrogens is 262 g/mol. The van der Waals surface area contributed by atoms with Crippen molar-refractivity contribution < 1.29 is 0 Å². The first-order valence-corrected chi connectivity index (χ1v) is 7.07. The zero-order valence-electron chi connectivity index (χ0n) is 11.7. The fourth-order valence-corrected chi connectivity index (χ4v) is 2.68. The van der Waals surface area contributed by atoms with Crippen LogP contribution in [-0.4, -0.2) is 34.0 Å². The van der Waals surface area contributed by atoms with Crippen molar-refractivity contribution in [3.05, 3.63) is 54.0 Å². The standard InChI is InChI=1S/C16H17N5/c17-9-13-2-1-3-14(8-13)10-21-7-5-15(11-21)20-16-4-6-18-12-19-16/h1-4,6,8,12,15H,5,7,10-11H2,(H,18,19,20). The molecule has 0 bridgehead atoms. The number of nitrogens with one attached hydrogen (secondary N) is 1. The number of nitriles is 1. The molecule has 5 heteroatoms. The lowest BCUT2D eigenvalue weighted by Gasteiger charge is -2.17. The lowest BCUT2D eigenvalue weighted by atomic mass is 10.1. The number of aromatic nitrogens is 2. The van der Waals surface area contributed by atoms with Crippen LogP contribution in [0.1, 0.15) is 17.5 Å². The van der Waals surface area contributed by atoms with Crippen LogP contribution in [0.5, 0.6) is 0 Å². The van der Waals surface area contributed by atoms with Gasteiger partial charge in [-0.1, -0.05) is 12.1 Å². The first kappa shape index (κ1) is 13.5. The molecule has 0 spiro atoms. The van der Waals surface area contributed by atoms with Gasteiger partial charge in [-0.25, -0.2) is 9.97 Å². The fraction of sp³-hybridized carbons (Fsp3) is 0.312. The molecule has 0 radical (unpaired) electrons. The number of anilines is 1. The Bertz CT molecular complexity index is 635. The molecule has 1 aromatic carbocycles. The number of benzene rings is 1. The Morgan fingerprint density at radius 3 is 3.14 bits per heavy atom. The topological polar surface area (TPSA) is 64.8 Å². The maximum Gasteiger partial charge on any atom is 0.129 e. The molecule has 21 heavy (non-hydrogen) atoms. The highest BCUT2D eigenvalue weighted by Gasteiger charge is 2.22. The van der Waals surface area contributed by atoms with Crippen LogP contribution < -0.4 is 5.32 Å². The second-order valence-electron chi connectivity index (χ2n) is 5.27. The highest BCUT2D eigenvalue weighted by molar-refractivity contribution is 5.34. The molecule has 1 N–H and O–H groups in total. The van der Waals surface area contributed by atoms with Crippen LogP contribution in [0.4, 0.5) is 5.82 Å². The highest BCUT2D eigenvalue weighted by Crippen LogP contribution is 2.17. The van der Waals surface area contributed by atoms with Crippen LogP contribution in [0.3, 0.4) is 0 Å². The van der Waals surface area contributed by atoms with E-state index < -0.39 is 0 Å². The first-order valence-electron chi connectivity index (χ1n) is 7.07. The Hall–Kier alpha value is -2.45. The van der Waals surface area contributed by atoms with Gasteiger partial charge in [-0.2, -0.15) is 5.26 Å². The van der Waals surface area contributed by atoms with Gasteiger partial charge >= 0.3 is 0 Å². The second-order valence-corrected chi connectivity index (χ2v) is 5.27. The van der Waals surface area contributed by atoms with Gasteiger partial charge in [0.2, 0.25) is 0 Å². The van der Waals surface area contributed by atoms with E-state index in [2.05, 4.69) is 32.3 Å². The van der Waals surface area contributed by atoms with Gasteiger partial charge in [0.25, 0.3) is 0 Å². The van der Waals surface area contributed by atoms with Crippen LogP contribution in [0, 0.1) is 11.3 Å². The molecule has 1 atom stereocenters. The SMILES string of the molecule is N#Cc1cccc(CN2CCC(Nc3ccncn3)C2)c1. The lowest BCUT2D eigenvalue weighted by Crippen LogP contribution is -2.26. The molecule has 3 rings (SSSR count). The van der Waals surface area contributed by atoms with E-state index in [1.807, 2.05) is 24.3 Å². The van der Waals surface area contributed by atoms with Gasteiger partial charge in [0.05, 0.1) is 11.6 Å². The van der Waals surface area contributed by atoms with E-state index in [-0.39, 0.29) is 0 Å². The molecule has 2 heterocycles. The summed E-state index contributed by atoms with van der Waals surface area (Å²) in [7, 11) is 0. The molecule has 1 aliphatic heterocycles. The van der Waals surface area contributed by atoms with Gasteiger partial charge in [0, 0.05) is 31.9 Å². The van der Waals surface area contributed by atoms with Gasteiger partial charge in [-0.3, -0.25) is 4.90 Å². The quantitative estimate of drug-likeness (QED) is 0.927. The summed E-state index contributed by atoms with van der Waals surface area (Å²) >= 11 is 0. The van der Waals surface area contributed by atoms with E-state index in [4.69, 9.17) is 5.26 Å². The molecule has 1 unspecified atom stereocenters. The molecule has 2 aromatic rings. The monoisotopic (exact) mass is 279 g/mol. The summed E-state index contributed by atoms with van der Waals surface area (Å²) in [6, 6.07) is 12.3. The fourth-order valence-electron chi connectivity index (χ4n) is 2.68. The molecule has 1 fully saturated rings. The van der Waals surface area contributed by atoms with Gasteiger partial charge in [0.15, 0.2) is 0 Å². The molecule has 0 aliphatic carbocycles. The van der Waals surface area contributed by atoms with Crippen LogP contribution in [0.25, 0.3) is 0 Å². The minimum atomic E-state index is 0.416. The highest BCUT2D eigenvalue weighted by atomic mass is 15.2. The third kappa shape index (κ3) is 3.56. The summed E-state index contributed by atoms with van der Waals surface area (Å²) in [6.45, 7) is 2.93. The van der Waals surface area contributed by atoms with Crippen molar-refractivity contribution in [3.63, 3.8) is 0 Å². The smallest absolute Gasteiger partial charge is 0.129 e. The number of nitrogens with zero attached hydrogens (tertiary/aromatic N) is 4. The number of hydrogen-bond acceptors (Lipinski definition) is 5. The van der Waals surface area contributed by atoms with Crippen molar-refractivity contribution in [2.75, 3.05) is 18.4 Å². The van der Waals surface area contributed by atoms with Gasteiger partial charge in [0.1, 0.15) is 12.1 Å². The maximum atomic E-state index is 8.94. The Balaban J connectivity index is 1.56. The third-order valence-electron chi connectivity index (χ3n) is 3.67. The Labute approximate surface area is 124 Å². The maximum absolute atomic E-state index is 8.94. The first-order chi connectivity index (χ1) is 10.3. The van der Waals surface area contributed by atoms with E-state index in [0.717, 1.165) is 37.4 Å². The largest absolute Gasteiger partial charge is 0.366 e. The Morgan fingerprint density at radius 1 is 1.38 bits per heavy atom. The van der Waals surface area contributed by atoms with E-state index in [0.29, 0.717) is 6.04 Å². The molecule has 0 saturated carbocycles. The van der Waals surface area contributed by atoms with E-state index >= 15 is 0 Å². The van der Waals surface area contributed by atoms with Crippen LogP contribution in [0.15, 0.2) is 42.9 Å². The lowest BCUT2D eigenvalue weighted by molar-refractivity contribution is 0.328. The van der Waals surface area contributed by atoms with Crippen molar-refractivity contribution in [1.29, 1.82) is 5.26 Å². The predicted octanol–water partition coefficient (Wildman–Crippen LogP) is 2.03. The summed E-state index contributed by atoms with van der Waals surface area (Å²) in [5, 5.41) is 12.4. The van der Waals surface area contributed by atoms with Crippen molar-refractivity contribution >= 4 is 5.82 Å². The zero-order valence-corrected chi connectivity index (χ0v) is 11.7. The average Bonchev–Trinajstić information content (AvgIpc) is 2.95. The van der Waals surface area contributed by atoms with E-state index in [1.54, 1.807) is 12.5 Å². The summed E-state index contributed by atoms with van der Waals surface area (Å²) in [5.74, 6) is 0.878. The van der Waals surface area contributed by atoms with Gasteiger partial charge < -0.3 is 5.32 Å². The third-order valence-corrected chi connectivity index (χ3v) is 3.67. The number of hydrogen-bond donors (Lipinski definition) is 1. The molecule has 0 amide bonds. The Kier molecular flexibility index (Phi) is 4.08. The van der Waals surface area contributed by atoms with Crippen LogP contribution >= 0.6 is 0 Å². The molecular formula is C16H17N5. The zero-order chi connectivity index (χ0) is 14.5. The number of likely N-dealkylation sites (tertiary alicyclic amines) is 1. The van der Waals surface area contributed by atoms with Crippen LogP contribution in [0.2, 0.25) is 0 Å². The molecule has 1 saturated heterocycles. The predicted molar refractivity (Wildman–Crippen MR) is 80.5 cm³/mol. The second kappa shape index (κ2) is 6.33. The normalized spacial score (nSPS) is 18.3. The summed E-state index contributed by atoms with van der Waals surface area (Å²) in [4.78, 5) is 10.5. The Morgan fingerprint density at radius 2 is 2.33 bits per heavy atom. The molecule has 1 aromatic heterocycles. The van der Waals surface area contributed by atoms with Crippen molar-refractivity contribution in [2.45, 2.75) is 19.0 Å². The minimum Gasteiger partial charge on any atom is -0.366 e. The van der Waals surface area contributed by atoms with Crippen molar-refractivity contribution in [3.8, 4) is 6.07 Å². The molecule has 5 nitrogen and oxygen atoms in total. The average molecular weight is 279 g/mol. The summed E-state index contributed by atoms with van der Waals surface area (Å²) in [5.41, 5.74) is 1.92. The summed E-state index contributed by atoms with van der Waals surface area (Å²) < 4.78 is 0. The van der Waals surface area contributed by atoms with Gasteiger partial charge in [-0.15, -0.1) is 0 Å².